The lowest BCUT2D eigenvalue weighted by Gasteiger charge is -2.11. The Hall–Kier alpha value is -1.53. The fourth-order valence-corrected chi connectivity index (χ4v) is 3.45. The molecule has 0 saturated heterocycles. The average molecular weight is 356 g/mol. The largest absolute Gasteiger partial charge is 0.496 e. The van der Waals surface area contributed by atoms with Gasteiger partial charge in [-0.1, -0.05) is 12.1 Å². The van der Waals surface area contributed by atoms with E-state index < -0.39 is 10.0 Å². The minimum atomic E-state index is -3.62. The van der Waals surface area contributed by atoms with Crippen molar-refractivity contribution >= 4 is 31.6 Å². The highest BCUT2D eigenvalue weighted by Gasteiger charge is 2.16. The van der Waals surface area contributed by atoms with Crippen LogP contribution < -0.4 is 9.46 Å². The molecule has 0 fully saturated rings. The first-order valence-electron chi connectivity index (χ1n) is 5.86. The molecule has 6 heteroatoms. The number of ether oxygens (including phenoxy) is 1. The van der Waals surface area contributed by atoms with E-state index in [9.17, 15) is 8.42 Å². The molecule has 0 aliphatic rings. The Morgan fingerprint density at radius 1 is 1.15 bits per heavy atom. The van der Waals surface area contributed by atoms with Crippen LogP contribution in [0.4, 0.5) is 5.69 Å². The van der Waals surface area contributed by atoms with Crippen molar-refractivity contribution in [1.29, 1.82) is 0 Å². The van der Waals surface area contributed by atoms with E-state index >= 15 is 0 Å². The van der Waals surface area contributed by atoms with E-state index in [0.717, 1.165) is 5.56 Å². The summed E-state index contributed by atoms with van der Waals surface area (Å²) in [6.07, 6.45) is 0. The number of sulfonamides is 1. The normalized spacial score (nSPS) is 11.2. The SMILES string of the molecule is COc1ccc(S(=O)(=O)Nc2ccccc2Br)cc1C. The van der Waals surface area contributed by atoms with Crippen molar-refractivity contribution in [2.75, 3.05) is 11.8 Å². The van der Waals surface area contributed by atoms with Crippen LogP contribution in [0.15, 0.2) is 51.8 Å². The molecule has 20 heavy (non-hydrogen) atoms. The molecule has 2 aromatic carbocycles. The third kappa shape index (κ3) is 3.13. The number of rotatable bonds is 4. The number of benzene rings is 2. The van der Waals surface area contributed by atoms with Gasteiger partial charge in [-0.25, -0.2) is 8.42 Å². The van der Waals surface area contributed by atoms with Crippen LogP contribution in [0, 0.1) is 6.92 Å². The molecule has 0 radical (unpaired) electrons. The van der Waals surface area contributed by atoms with E-state index in [0.29, 0.717) is 15.9 Å². The highest BCUT2D eigenvalue weighted by Crippen LogP contribution is 2.26. The number of para-hydroxylation sites is 1. The van der Waals surface area contributed by atoms with Crippen LogP contribution in [0.1, 0.15) is 5.56 Å². The molecule has 0 aliphatic heterocycles. The molecule has 0 saturated carbocycles. The molecule has 0 spiro atoms. The van der Waals surface area contributed by atoms with Crippen LogP contribution in [0.2, 0.25) is 0 Å². The lowest BCUT2D eigenvalue weighted by molar-refractivity contribution is 0.411. The van der Waals surface area contributed by atoms with Crippen LogP contribution in [0.3, 0.4) is 0 Å². The second-order valence-corrected chi connectivity index (χ2v) is 6.75. The minimum absolute atomic E-state index is 0.201. The molecule has 0 heterocycles. The molecule has 0 atom stereocenters. The van der Waals surface area contributed by atoms with E-state index in [1.54, 1.807) is 44.4 Å². The Morgan fingerprint density at radius 2 is 1.85 bits per heavy atom. The monoisotopic (exact) mass is 355 g/mol. The van der Waals surface area contributed by atoms with Gasteiger partial charge in [-0.15, -0.1) is 0 Å². The molecular weight excluding hydrogens is 342 g/mol. The number of halogens is 1. The van der Waals surface area contributed by atoms with E-state index in [2.05, 4.69) is 20.7 Å². The third-order valence-corrected chi connectivity index (χ3v) is 4.85. The van der Waals surface area contributed by atoms with Crippen molar-refractivity contribution in [2.24, 2.45) is 0 Å². The minimum Gasteiger partial charge on any atom is -0.496 e. The maximum Gasteiger partial charge on any atom is 0.261 e. The first-order chi connectivity index (χ1) is 9.44. The van der Waals surface area contributed by atoms with Crippen molar-refractivity contribution < 1.29 is 13.2 Å². The van der Waals surface area contributed by atoms with Crippen molar-refractivity contribution in [3.63, 3.8) is 0 Å². The van der Waals surface area contributed by atoms with Gasteiger partial charge in [-0.05, 0) is 58.7 Å². The molecule has 2 rings (SSSR count). The summed E-state index contributed by atoms with van der Waals surface area (Å²) in [5, 5.41) is 0. The number of methoxy groups -OCH3 is 1. The summed E-state index contributed by atoms with van der Waals surface area (Å²) in [5.74, 6) is 0.657. The van der Waals surface area contributed by atoms with E-state index in [1.807, 2.05) is 6.07 Å². The molecule has 1 N–H and O–H groups in total. The van der Waals surface area contributed by atoms with Crippen LogP contribution >= 0.6 is 15.9 Å². The maximum atomic E-state index is 12.3. The lowest BCUT2D eigenvalue weighted by Crippen LogP contribution is -2.13. The zero-order valence-corrected chi connectivity index (χ0v) is 13.5. The smallest absolute Gasteiger partial charge is 0.261 e. The number of aryl methyl sites for hydroxylation is 1. The van der Waals surface area contributed by atoms with Crippen LogP contribution in [0.5, 0.6) is 5.75 Å². The molecule has 0 bridgehead atoms. The standard InChI is InChI=1S/C14H14BrNO3S/c1-10-9-11(7-8-14(10)19-2)20(17,18)16-13-6-4-3-5-12(13)15/h3-9,16H,1-2H3. The molecule has 0 aromatic heterocycles. The Morgan fingerprint density at radius 3 is 2.45 bits per heavy atom. The van der Waals surface area contributed by atoms with Crippen LogP contribution in [0.25, 0.3) is 0 Å². The highest BCUT2D eigenvalue weighted by molar-refractivity contribution is 9.10. The fraction of sp³-hybridized carbons (Fsp3) is 0.143. The van der Waals surface area contributed by atoms with E-state index in [4.69, 9.17) is 4.74 Å². The van der Waals surface area contributed by atoms with Gasteiger partial charge in [0.25, 0.3) is 10.0 Å². The van der Waals surface area contributed by atoms with Crippen molar-refractivity contribution in [2.45, 2.75) is 11.8 Å². The van der Waals surface area contributed by atoms with E-state index in [1.165, 1.54) is 6.07 Å². The maximum absolute atomic E-state index is 12.3. The summed E-state index contributed by atoms with van der Waals surface area (Å²) in [6, 6.07) is 11.8. The summed E-state index contributed by atoms with van der Waals surface area (Å²) in [6.45, 7) is 1.80. The Labute approximate surface area is 127 Å². The number of hydrogen-bond donors (Lipinski definition) is 1. The highest BCUT2D eigenvalue weighted by atomic mass is 79.9. The summed E-state index contributed by atoms with van der Waals surface area (Å²) >= 11 is 3.31. The summed E-state index contributed by atoms with van der Waals surface area (Å²) in [4.78, 5) is 0.201. The van der Waals surface area contributed by atoms with Gasteiger partial charge in [0.2, 0.25) is 0 Å². The average Bonchev–Trinajstić information content (AvgIpc) is 2.41. The fourth-order valence-electron chi connectivity index (χ4n) is 1.77. The third-order valence-electron chi connectivity index (χ3n) is 2.79. The zero-order valence-electron chi connectivity index (χ0n) is 11.1. The van der Waals surface area contributed by atoms with Gasteiger partial charge < -0.3 is 4.74 Å². The number of anilines is 1. The number of nitrogens with one attached hydrogen (secondary N) is 1. The summed E-state index contributed by atoms with van der Waals surface area (Å²) < 4.78 is 33.0. The van der Waals surface area contributed by atoms with Crippen molar-refractivity contribution in [3.05, 3.63) is 52.5 Å². The van der Waals surface area contributed by atoms with Crippen LogP contribution in [-0.2, 0) is 10.0 Å². The van der Waals surface area contributed by atoms with Crippen LogP contribution in [-0.4, -0.2) is 15.5 Å². The van der Waals surface area contributed by atoms with Gasteiger partial charge in [0.15, 0.2) is 0 Å². The Bertz CT molecular complexity index is 729. The molecule has 106 valence electrons. The van der Waals surface area contributed by atoms with Crippen molar-refractivity contribution in [1.82, 2.24) is 0 Å². The van der Waals surface area contributed by atoms with Gasteiger partial charge in [0.05, 0.1) is 17.7 Å². The van der Waals surface area contributed by atoms with Crippen molar-refractivity contribution in [3.8, 4) is 5.75 Å². The molecule has 4 nitrogen and oxygen atoms in total. The first kappa shape index (κ1) is 14.9. The van der Waals surface area contributed by atoms with Gasteiger partial charge in [0, 0.05) is 4.47 Å². The zero-order chi connectivity index (χ0) is 14.8. The lowest BCUT2D eigenvalue weighted by atomic mass is 10.2. The Balaban J connectivity index is 2.36. The molecule has 0 unspecified atom stereocenters. The topological polar surface area (TPSA) is 55.4 Å². The summed E-state index contributed by atoms with van der Waals surface area (Å²) in [7, 11) is -2.07. The van der Waals surface area contributed by atoms with Gasteiger partial charge in [-0.2, -0.15) is 0 Å². The van der Waals surface area contributed by atoms with E-state index in [-0.39, 0.29) is 4.90 Å². The molecule has 2 aromatic rings. The van der Waals surface area contributed by atoms with Gasteiger partial charge in [-0.3, -0.25) is 4.72 Å². The second-order valence-electron chi connectivity index (χ2n) is 4.22. The molecule has 0 amide bonds. The Kier molecular flexibility index (Phi) is 4.35. The predicted molar refractivity (Wildman–Crippen MR) is 82.7 cm³/mol. The first-order valence-corrected chi connectivity index (χ1v) is 8.13. The van der Waals surface area contributed by atoms with Gasteiger partial charge in [0.1, 0.15) is 5.75 Å². The quantitative estimate of drug-likeness (QED) is 0.911. The molecular formula is C14H14BrNO3S. The second kappa shape index (κ2) is 5.85. The molecule has 0 aliphatic carbocycles. The predicted octanol–water partition coefficient (Wildman–Crippen LogP) is 3.57. The van der Waals surface area contributed by atoms with Gasteiger partial charge >= 0.3 is 0 Å². The number of hydrogen-bond acceptors (Lipinski definition) is 3. The summed E-state index contributed by atoms with van der Waals surface area (Å²) in [5.41, 5.74) is 1.27.